The van der Waals surface area contributed by atoms with Crippen molar-refractivity contribution in [2.24, 2.45) is 32.2 Å². The Morgan fingerprint density at radius 2 is 1.12 bits per heavy atom. The SMILES string of the molecule is CN1C(=O)C[C@@](C)(c2ccc(F)c(-c3cccc(C#N)c3)c2)N=C1N.CN1C(=O)C[C@@](C)(c2cccc(-c3ccc4c(c3)OCO4)c2)N=C1N.Cc1cccc(-c2csc([C@]3(C)CC(=O)N(C)C(N)=N3)c2)c1. The normalized spacial score (nSPS) is 21.3. The van der Waals surface area contributed by atoms with Gasteiger partial charge in [0, 0.05) is 31.6 Å². The number of hydrogen-bond acceptors (Lipinski definition) is 13. The number of guanidine groups is 3. The number of halogens is 1. The first kappa shape index (κ1) is 50.0. The van der Waals surface area contributed by atoms with Gasteiger partial charge in [0.1, 0.15) is 11.4 Å². The van der Waals surface area contributed by atoms with Crippen LogP contribution in [0.15, 0.2) is 136 Å². The Kier molecular flexibility index (Phi) is 13.8. The van der Waals surface area contributed by atoms with E-state index < -0.39 is 22.4 Å². The van der Waals surface area contributed by atoms with Gasteiger partial charge in [0.2, 0.25) is 24.5 Å². The minimum atomic E-state index is -0.858. The Morgan fingerprint density at radius 3 is 1.74 bits per heavy atom. The van der Waals surface area contributed by atoms with E-state index >= 15 is 0 Å². The molecule has 10 rings (SSSR count). The molecule has 0 radical (unpaired) electrons. The predicted octanol–water partition coefficient (Wildman–Crippen LogP) is 8.35. The average Bonchev–Trinajstić information content (AvgIpc) is 4.06. The van der Waals surface area contributed by atoms with Crippen molar-refractivity contribution in [3.63, 3.8) is 0 Å². The molecule has 3 amide bonds. The maximum absolute atomic E-state index is 14.4. The first-order valence-corrected chi connectivity index (χ1v) is 23.9. The molecule has 0 spiro atoms. The van der Waals surface area contributed by atoms with Crippen LogP contribution in [-0.4, -0.2) is 78.2 Å². The second-order valence-corrected chi connectivity index (χ2v) is 19.6. The zero-order chi connectivity index (χ0) is 51.7. The van der Waals surface area contributed by atoms with Crippen molar-refractivity contribution < 1.29 is 28.2 Å². The molecule has 368 valence electrons. The quantitative estimate of drug-likeness (QED) is 0.146. The van der Waals surface area contributed by atoms with Crippen LogP contribution in [0.2, 0.25) is 0 Å². The highest BCUT2D eigenvalue weighted by atomic mass is 32.1. The number of nitriles is 1. The summed E-state index contributed by atoms with van der Waals surface area (Å²) >= 11 is 1.63. The molecular weight excluding hydrogens is 932 g/mol. The summed E-state index contributed by atoms with van der Waals surface area (Å²) in [5.74, 6) is 1.57. The maximum atomic E-state index is 14.4. The smallest absolute Gasteiger partial charge is 0.231 e. The van der Waals surface area contributed by atoms with Gasteiger partial charge in [-0.05, 0) is 121 Å². The summed E-state index contributed by atoms with van der Waals surface area (Å²) in [7, 11) is 4.88. The van der Waals surface area contributed by atoms with Crippen LogP contribution < -0.4 is 26.7 Å². The molecule has 5 heterocycles. The fourth-order valence-corrected chi connectivity index (χ4v) is 9.77. The second-order valence-electron chi connectivity index (χ2n) is 18.7. The molecule has 3 atom stereocenters. The molecule has 5 aromatic carbocycles. The van der Waals surface area contributed by atoms with E-state index in [-0.39, 0.29) is 55.2 Å². The molecule has 0 fully saturated rings. The molecule has 6 N–H and O–H groups in total. The van der Waals surface area contributed by atoms with Crippen LogP contribution in [0, 0.1) is 24.1 Å². The summed E-state index contributed by atoms with van der Waals surface area (Å²) in [6.45, 7) is 8.03. The maximum Gasteiger partial charge on any atom is 0.231 e. The molecule has 0 aliphatic carbocycles. The van der Waals surface area contributed by atoms with E-state index in [1.54, 1.807) is 75.8 Å². The zero-order valence-corrected chi connectivity index (χ0v) is 41.9. The predicted molar refractivity (Wildman–Crippen MR) is 278 cm³/mol. The lowest BCUT2D eigenvalue weighted by Crippen LogP contribution is -2.47. The second kappa shape index (κ2) is 19.8. The number of thiophene rings is 1. The van der Waals surface area contributed by atoms with Gasteiger partial charge >= 0.3 is 0 Å². The molecule has 1 aromatic heterocycles. The summed E-state index contributed by atoms with van der Waals surface area (Å²) in [5.41, 5.74) is 24.2. The summed E-state index contributed by atoms with van der Waals surface area (Å²) in [5, 5.41) is 11.2. The van der Waals surface area contributed by atoms with E-state index in [0.29, 0.717) is 28.7 Å². The van der Waals surface area contributed by atoms with E-state index in [9.17, 15) is 18.8 Å². The number of amides is 3. The number of carbonyl (C=O) groups excluding carboxylic acids is 3. The Labute approximate surface area is 421 Å². The molecular formula is C55H55FN10O5S. The topological polar surface area (TPSA) is 218 Å². The number of ether oxygens (including phenoxy) is 2. The third-order valence-electron chi connectivity index (χ3n) is 13.3. The molecule has 4 aliphatic heterocycles. The summed E-state index contributed by atoms with van der Waals surface area (Å²) in [6, 6.07) is 37.8. The molecule has 0 saturated carbocycles. The van der Waals surface area contributed by atoms with Gasteiger partial charge in [-0.2, -0.15) is 5.26 Å². The van der Waals surface area contributed by atoms with E-state index in [0.717, 1.165) is 38.6 Å². The molecule has 17 heteroatoms. The Hall–Kier alpha value is -8.36. The van der Waals surface area contributed by atoms with Crippen molar-refractivity contribution >= 4 is 46.9 Å². The lowest BCUT2D eigenvalue weighted by Gasteiger charge is -2.33. The molecule has 15 nitrogen and oxygen atoms in total. The average molecular weight is 987 g/mol. The number of carbonyl (C=O) groups is 3. The van der Waals surface area contributed by atoms with E-state index in [2.05, 4.69) is 57.6 Å². The van der Waals surface area contributed by atoms with Crippen molar-refractivity contribution in [2.45, 2.75) is 63.6 Å². The molecule has 0 saturated heterocycles. The van der Waals surface area contributed by atoms with Gasteiger partial charge in [-0.15, -0.1) is 11.3 Å². The monoisotopic (exact) mass is 986 g/mol. The van der Waals surface area contributed by atoms with E-state index in [4.69, 9.17) is 31.9 Å². The van der Waals surface area contributed by atoms with Gasteiger partial charge in [-0.1, -0.05) is 72.3 Å². The highest BCUT2D eigenvalue weighted by Gasteiger charge is 2.39. The summed E-state index contributed by atoms with van der Waals surface area (Å²) in [6.07, 6.45) is 0.778. The number of rotatable bonds is 6. The van der Waals surface area contributed by atoms with Crippen molar-refractivity contribution in [1.82, 2.24) is 14.7 Å². The summed E-state index contributed by atoms with van der Waals surface area (Å²) in [4.78, 5) is 55.2. The van der Waals surface area contributed by atoms with Gasteiger partial charge in [-0.3, -0.25) is 29.1 Å². The first-order chi connectivity index (χ1) is 34.2. The van der Waals surface area contributed by atoms with Crippen molar-refractivity contribution in [1.29, 1.82) is 5.26 Å². The third kappa shape index (κ3) is 10.3. The van der Waals surface area contributed by atoms with Crippen LogP contribution in [0.25, 0.3) is 33.4 Å². The Morgan fingerprint density at radius 1 is 0.597 bits per heavy atom. The lowest BCUT2D eigenvalue weighted by atomic mass is 9.85. The van der Waals surface area contributed by atoms with Crippen LogP contribution in [0.1, 0.15) is 67.2 Å². The highest BCUT2D eigenvalue weighted by Crippen LogP contribution is 2.41. The highest BCUT2D eigenvalue weighted by molar-refractivity contribution is 7.10. The molecule has 0 bridgehead atoms. The number of fused-ring (bicyclic) bond motifs is 1. The number of nitrogens with two attached hydrogens (primary N) is 3. The number of aryl methyl sites for hydroxylation is 1. The summed E-state index contributed by atoms with van der Waals surface area (Å²) < 4.78 is 25.2. The number of aliphatic imine (C=N–C) groups is 3. The van der Waals surface area contributed by atoms with Crippen molar-refractivity contribution in [3.05, 3.63) is 154 Å². The standard InChI is InChI=1S/C19H17FN4O.C19H19N3O3.C17H19N3OS/c1-19(10-17(25)24(2)18(22)23-19)14-6-7-16(20)15(9-14)13-5-3-4-12(8-13)11-21;1-19(10-17(23)22(2)18(20)21-19)14-5-3-4-12(8-14)13-6-7-15-16(9-13)25-11-24-15;1-11-5-4-6-12(7-11)13-8-14(22-10-13)17(2)9-15(21)20(3)16(18)19-17/h3-9H,10H2,1-2H3,(H2,22,23);3-9H,10-11H2,1-2H3,(H2,20,21);4-8,10H,9H2,1-3H3,(H2,18,19)/t2*19-;17-/m000/s1. The van der Waals surface area contributed by atoms with Crippen molar-refractivity contribution in [2.75, 3.05) is 27.9 Å². The van der Waals surface area contributed by atoms with Gasteiger partial charge in [0.15, 0.2) is 29.4 Å². The minimum Gasteiger partial charge on any atom is -0.454 e. The minimum absolute atomic E-state index is 0.000468. The number of benzene rings is 5. The Bertz CT molecular complexity index is 3270. The van der Waals surface area contributed by atoms with Crippen LogP contribution in [0.4, 0.5) is 4.39 Å². The molecule has 0 unspecified atom stereocenters. The molecule has 6 aromatic rings. The van der Waals surface area contributed by atoms with Gasteiger partial charge in [-0.25, -0.2) is 19.4 Å². The van der Waals surface area contributed by atoms with Crippen LogP contribution in [0.3, 0.4) is 0 Å². The van der Waals surface area contributed by atoms with Gasteiger partial charge in [0.25, 0.3) is 0 Å². The van der Waals surface area contributed by atoms with Gasteiger partial charge in [0.05, 0.1) is 42.0 Å². The van der Waals surface area contributed by atoms with Crippen LogP contribution in [0.5, 0.6) is 11.5 Å². The van der Waals surface area contributed by atoms with E-state index in [1.165, 1.54) is 31.9 Å². The Balaban J connectivity index is 0.000000145. The first-order valence-electron chi connectivity index (χ1n) is 23.0. The van der Waals surface area contributed by atoms with Crippen LogP contribution >= 0.6 is 11.3 Å². The van der Waals surface area contributed by atoms with Crippen molar-refractivity contribution in [3.8, 4) is 50.9 Å². The molecule has 72 heavy (non-hydrogen) atoms. The lowest BCUT2D eigenvalue weighted by molar-refractivity contribution is -0.129. The van der Waals surface area contributed by atoms with Crippen LogP contribution in [-0.2, 0) is 31.0 Å². The third-order valence-corrected chi connectivity index (χ3v) is 14.5. The zero-order valence-electron chi connectivity index (χ0n) is 41.1. The fraction of sp³-hybridized carbons (Fsp3) is 0.255. The van der Waals surface area contributed by atoms with E-state index in [1.807, 2.05) is 62.4 Å². The fourth-order valence-electron chi connectivity index (χ4n) is 8.74. The molecule has 4 aliphatic rings. The largest absolute Gasteiger partial charge is 0.454 e. The number of hydrogen-bond donors (Lipinski definition) is 3. The van der Waals surface area contributed by atoms with Gasteiger partial charge < -0.3 is 26.7 Å². The number of nitrogens with zero attached hydrogens (tertiary/aromatic N) is 7.